The van der Waals surface area contributed by atoms with Gasteiger partial charge >= 0.3 is 0 Å². The summed E-state index contributed by atoms with van der Waals surface area (Å²) in [5.41, 5.74) is 5.96. The van der Waals surface area contributed by atoms with Crippen molar-refractivity contribution in [2.45, 2.75) is 19.9 Å². The first-order valence-corrected chi connectivity index (χ1v) is 7.20. The smallest absolute Gasteiger partial charge is 0.157 e. The fourth-order valence-electron chi connectivity index (χ4n) is 2.93. The molecule has 1 aliphatic heterocycles. The molecule has 1 aromatic carbocycles. The molecule has 21 heavy (non-hydrogen) atoms. The normalized spacial score (nSPS) is 14.1. The molecule has 0 bridgehead atoms. The van der Waals surface area contributed by atoms with Crippen molar-refractivity contribution >= 4 is 17.2 Å². The van der Waals surface area contributed by atoms with Crippen molar-refractivity contribution in [3.8, 4) is 0 Å². The summed E-state index contributed by atoms with van der Waals surface area (Å²) in [7, 11) is 0. The first-order valence-electron chi connectivity index (χ1n) is 7.20. The molecule has 106 valence electrons. The highest BCUT2D eigenvalue weighted by Gasteiger charge is 2.13. The average molecular weight is 279 g/mol. The van der Waals surface area contributed by atoms with Gasteiger partial charge in [0.25, 0.3) is 0 Å². The fourth-order valence-corrected chi connectivity index (χ4v) is 2.93. The third-order valence-electron chi connectivity index (χ3n) is 3.93. The molecule has 0 aliphatic carbocycles. The van der Waals surface area contributed by atoms with Crippen molar-refractivity contribution in [2.24, 2.45) is 0 Å². The summed E-state index contributed by atoms with van der Waals surface area (Å²) >= 11 is 0. The van der Waals surface area contributed by atoms with Gasteiger partial charge in [0, 0.05) is 12.2 Å². The number of fused-ring (bicyclic) bond motifs is 2. The van der Waals surface area contributed by atoms with E-state index in [-0.39, 0.29) is 0 Å². The highest BCUT2D eigenvalue weighted by molar-refractivity contribution is 5.65. The van der Waals surface area contributed by atoms with Crippen molar-refractivity contribution in [3.05, 3.63) is 53.3 Å². The third kappa shape index (κ3) is 2.15. The number of hydrogen-bond donors (Lipinski definition) is 2. The topological polar surface area (TPSA) is 54.2 Å². The van der Waals surface area contributed by atoms with E-state index in [1.165, 1.54) is 16.7 Å². The molecule has 2 aromatic heterocycles. The number of nitrogens with one attached hydrogen (secondary N) is 2. The maximum absolute atomic E-state index is 4.30. The van der Waals surface area contributed by atoms with Gasteiger partial charge in [-0.25, -0.2) is 4.98 Å². The number of anilines is 2. The van der Waals surface area contributed by atoms with E-state index in [4.69, 9.17) is 0 Å². The number of nitrogens with zero attached hydrogens (tertiary/aromatic N) is 3. The van der Waals surface area contributed by atoms with Crippen molar-refractivity contribution in [3.63, 3.8) is 0 Å². The summed E-state index contributed by atoms with van der Waals surface area (Å²) in [5, 5.41) is 11.2. The van der Waals surface area contributed by atoms with Gasteiger partial charge in [-0.2, -0.15) is 9.61 Å². The zero-order valence-electron chi connectivity index (χ0n) is 11.9. The van der Waals surface area contributed by atoms with Gasteiger partial charge < -0.3 is 10.6 Å². The number of aromatic nitrogens is 3. The fraction of sp³-hybridized carbons (Fsp3) is 0.250. The molecule has 1 aliphatic rings. The van der Waals surface area contributed by atoms with Crippen LogP contribution in [0.2, 0.25) is 0 Å². The molecule has 5 heteroatoms. The van der Waals surface area contributed by atoms with Crippen LogP contribution in [-0.4, -0.2) is 21.1 Å². The van der Waals surface area contributed by atoms with E-state index < -0.39 is 0 Å². The van der Waals surface area contributed by atoms with Gasteiger partial charge in [-0.1, -0.05) is 12.1 Å². The lowest BCUT2D eigenvalue weighted by molar-refractivity contribution is 0.645. The lowest BCUT2D eigenvalue weighted by Crippen LogP contribution is -2.24. The number of pyridine rings is 1. The van der Waals surface area contributed by atoms with Crippen molar-refractivity contribution in [1.82, 2.24) is 19.9 Å². The molecule has 0 amide bonds. The van der Waals surface area contributed by atoms with Crippen molar-refractivity contribution < 1.29 is 0 Å². The summed E-state index contributed by atoms with van der Waals surface area (Å²) in [6, 6.07) is 10.6. The van der Waals surface area contributed by atoms with Gasteiger partial charge in [-0.15, -0.1) is 0 Å². The quantitative estimate of drug-likeness (QED) is 0.756. The molecule has 0 spiro atoms. The summed E-state index contributed by atoms with van der Waals surface area (Å²) in [6.45, 7) is 4.04. The van der Waals surface area contributed by atoms with Crippen LogP contribution in [0.4, 0.5) is 11.5 Å². The minimum atomic E-state index is 0.865. The Morgan fingerprint density at radius 2 is 2.24 bits per heavy atom. The van der Waals surface area contributed by atoms with Gasteiger partial charge in [-0.3, -0.25) is 0 Å². The second-order valence-corrected chi connectivity index (χ2v) is 5.44. The van der Waals surface area contributed by atoms with E-state index in [0.717, 1.165) is 36.7 Å². The number of aryl methyl sites for hydroxylation is 1. The maximum Gasteiger partial charge on any atom is 0.157 e. The standard InChI is InChI=1S/C16H17N5/c1-11-7-15-18-10-19-21(15)16(8-11)20-14-4-2-3-12-9-17-6-5-13(12)14/h2-4,7-8,10,17,20H,5-6,9H2,1H3. The Hall–Kier alpha value is -2.40. The Kier molecular flexibility index (Phi) is 2.86. The summed E-state index contributed by atoms with van der Waals surface area (Å²) in [5.74, 6) is 0.953. The minimum absolute atomic E-state index is 0.865. The Bertz CT molecular complexity index is 806. The monoisotopic (exact) mass is 279 g/mol. The van der Waals surface area contributed by atoms with Crippen LogP contribution in [0.1, 0.15) is 16.7 Å². The zero-order chi connectivity index (χ0) is 14.2. The van der Waals surface area contributed by atoms with Crippen LogP contribution < -0.4 is 10.6 Å². The van der Waals surface area contributed by atoms with E-state index in [1.54, 1.807) is 6.33 Å². The SMILES string of the molecule is Cc1cc(Nc2cccc3c2CCNC3)n2ncnc2c1. The zero-order valence-corrected chi connectivity index (χ0v) is 11.9. The van der Waals surface area contributed by atoms with Crippen LogP contribution in [0.3, 0.4) is 0 Å². The Morgan fingerprint density at radius 3 is 3.19 bits per heavy atom. The lowest BCUT2D eigenvalue weighted by atomic mass is 9.99. The molecular formula is C16H17N5. The van der Waals surface area contributed by atoms with E-state index in [9.17, 15) is 0 Å². The Balaban J connectivity index is 1.80. The molecule has 0 unspecified atom stereocenters. The van der Waals surface area contributed by atoms with E-state index in [1.807, 2.05) is 10.6 Å². The van der Waals surface area contributed by atoms with Crippen molar-refractivity contribution in [2.75, 3.05) is 11.9 Å². The molecule has 0 saturated carbocycles. The summed E-state index contributed by atoms with van der Waals surface area (Å²) in [4.78, 5) is 4.27. The van der Waals surface area contributed by atoms with Crippen LogP contribution in [0.15, 0.2) is 36.7 Å². The van der Waals surface area contributed by atoms with E-state index >= 15 is 0 Å². The number of benzene rings is 1. The highest BCUT2D eigenvalue weighted by Crippen LogP contribution is 2.26. The molecule has 3 aromatic rings. The Morgan fingerprint density at radius 1 is 1.29 bits per heavy atom. The van der Waals surface area contributed by atoms with Crippen LogP contribution >= 0.6 is 0 Å². The van der Waals surface area contributed by atoms with Crippen LogP contribution in [0, 0.1) is 6.92 Å². The first kappa shape index (κ1) is 12.3. The van der Waals surface area contributed by atoms with Gasteiger partial charge in [0.2, 0.25) is 0 Å². The van der Waals surface area contributed by atoms with Crippen molar-refractivity contribution in [1.29, 1.82) is 0 Å². The molecule has 0 saturated heterocycles. The number of rotatable bonds is 2. The van der Waals surface area contributed by atoms with Gasteiger partial charge in [-0.05, 0) is 54.8 Å². The van der Waals surface area contributed by atoms with Crippen LogP contribution in [0.25, 0.3) is 5.65 Å². The molecule has 5 nitrogen and oxygen atoms in total. The average Bonchev–Trinajstić information content (AvgIpc) is 2.96. The van der Waals surface area contributed by atoms with Crippen LogP contribution in [0.5, 0.6) is 0 Å². The second kappa shape index (κ2) is 4.86. The van der Waals surface area contributed by atoms with Gasteiger partial charge in [0.15, 0.2) is 5.65 Å². The van der Waals surface area contributed by atoms with Gasteiger partial charge in [0.1, 0.15) is 12.1 Å². The van der Waals surface area contributed by atoms with Crippen LogP contribution in [-0.2, 0) is 13.0 Å². The second-order valence-electron chi connectivity index (χ2n) is 5.44. The lowest BCUT2D eigenvalue weighted by Gasteiger charge is -2.21. The molecule has 0 atom stereocenters. The molecule has 0 fully saturated rings. The maximum atomic E-state index is 4.30. The molecular weight excluding hydrogens is 262 g/mol. The van der Waals surface area contributed by atoms with E-state index in [2.05, 4.69) is 51.9 Å². The first-order chi connectivity index (χ1) is 10.3. The molecule has 4 rings (SSSR count). The summed E-state index contributed by atoms with van der Waals surface area (Å²) < 4.78 is 1.84. The predicted octanol–water partition coefficient (Wildman–Crippen LogP) is 2.43. The number of hydrogen-bond acceptors (Lipinski definition) is 4. The third-order valence-corrected chi connectivity index (χ3v) is 3.93. The molecule has 0 radical (unpaired) electrons. The Labute approximate surface area is 123 Å². The molecule has 3 heterocycles. The highest BCUT2D eigenvalue weighted by atomic mass is 15.3. The largest absolute Gasteiger partial charge is 0.340 e. The predicted molar refractivity (Wildman–Crippen MR) is 82.9 cm³/mol. The summed E-state index contributed by atoms with van der Waals surface area (Å²) in [6.07, 6.45) is 2.63. The molecule has 2 N–H and O–H groups in total. The van der Waals surface area contributed by atoms with E-state index in [0.29, 0.717) is 0 Å². The van der Waals surface area contributed by atoms with Gasteiger partial charge in [0.05, 0.1) is 0 Å². The minimum Gasteiger partial charge on any atom is -0.340 e.